The Morgan fingerprint density at radius 2 is 1.81 bits per heavy atom. The van der Waals surface area contributed by atoms with Crippen LogP contribution in [0.5, 0.6) is 0 Å². The van der Waals surface area contributed by atoms with Gasteiger partial charge in [-0.15, -0.1) is 0 Å². The molecule has 1 aliphatic heterocycles. The summed E-state index contributed by atoms with van der Waals surface area (Å²) in [6, 6.07) is 5.50. The van der Waals surface area contributed by atoms with Gasteiger partial charge in [0.2, 0.25) is 0 Å². The Bertz CT molecular complexity index is 415. The van der Waals surface area contributed by atoms with Crippen LogP contribution in [-0.2, 0) is 0 Å². The van der Waals surface area contributed by atoms with Crippen LogP contribution >= 0.6 is 0 Å². The Kier molecular flexibility index (Phi) is 2.13. The van der Waals surface area contributed by atoms with Crippen molar-refractivity contribution in [3.8, 4) is 0 Å². The van der Waals surface area contributed by atoms with E-state index in [0.717, 1.165) is 12.5 Å². The molecule has 86 valence electrons. The molecule has 4 unspecified atom stereocenters. The van der Waals surface area contributed by atoms with E-state index in [2.05, 4.69) is 38.2 Å². The smallest absolute Gasteiger partial charge is 0.0372 e. The number of fused-ring (bicyclic) bond motifs is 1. The number of benzene rings is 1. The van der Waals surface area contributed by atoms with Gasteiger partial charge in [-0.05, 0) is 49.3 Å². The average Bonchev–Trinajstić information content (AvgIpc) is 2.65. The van der Waals surface area contributed by atoms with Crippen molar-refractivity contribution < 1.29 is 0 Å². The lowest BCUT2D eigenvalue weighted by Crippen LogP contribution is -2.26. The summed E-state index contributed by atoms with van der Waals surface area (Å²) >= 11 is 0. The summed E-state index contributed by atoms with van der Waals surface area (Å²) in [5.41, 5.74) is 11.8. The lowest BCUT2D eigenvalue weighted by atomic mass is 9.92. The van der Waals surface area contributed by atoms with Gasteiger partial charge in [-0.2, -0.15) is 0 Å². The molecule has 0 radical (unpaired) electrons. The molecule has 3 rings (SSSR count). The molecule has 0 spiro atoms. The fraction of sp³-hybridized carbons (Fsp3) is 0.571. The Balaban J connectivity index is 2.01. The van der Waals surface area contributed by atoms with Gasteiger partial charge in [0.05, 0.1) is 0 Å². The largest absolute Gasteiger partial charge is 0.327 e. The van der Waals surface area contributed by atoms with Crippen LogP contribution < -0.4 is 11.1 Å². The number of nitrogens with two attached hydrogens (primary N) is 1. The lowest BCUT2D eigenvalue weighted by Gasteiger charge is -2.20. The number of piperidine rings is 1. The van der Waals surface area contributed by atoms with Gasteiger partial charge in [0, 0.05) is 18.6 Å². The zero-order valence-electron chi connectivity index (χ0n) is 10.2. The third kappa shape index (κ3) is 1.33. The minimum absolute atomic E-state index is 0.436. The zero-order valence-corrected chi connectivity index (χ0v) is 10.2. The highest BCUT2D eigenvalue weighted by molar-refractivity contribution is 5.42. The van der Waals surface area contributed by atoms with Crippen molar-refractivity contribution in [2.24, 2.45) is 17.6 Å². The van der Waals surface area contributed by atoms with Gasteiger partial charge in [-0.3, -0.25) is 0 Å². The SMILES string of the molecule is Cc1cc(C)c(C2NCC3C(N)C23)c(C)c1. The first-order valence-corrected chi connectivity index (χ1v) is 6.16. The van der Waals surface area contributed by atoms with E-state index in [9.17, 15) is 0 Å². The van der Waals surface area contributed by atoms with Crippen molar-refractivity contribution in [1.29, 1.82) is 0 Å². The van der Waals surface area contributed by atoms with Crippen LogP contribution in [0.2, 0.25) is 0 Å². The van der Waals surface area contributed by atoms with Gasteiger partial charge in [-0.1, -0.05) is 17.7 Å². The Morgan fingerprint density at radius 3 is 2.31 bits per heavy atom. The molecular weight excluding hydrogens is 196 g/mol. The molecule has 1 aliphatic carbocycles. The van der Waals surface area contributed by atoms with E-state index < -0.39 is 0 Å². The summed E-state index contributed by atoms with van der Waals surface area (Å²) in [5.74, 6) is 1.41. The van der Waals surface area contributed by atoms with Crippen molar-refractivity contribution in [2.45, 2.75) is 32.9 Å². The number of hydrogen-bond acceptors (Lipinski definition) is 2. The molecule has 0 amide bonds. The summed E-state index contributed by atoms with van der Waals surface area (Å²) < 4.78 is 0. The fourth-order valence-corrected chi connectivity index (χ4v) is 3.55. The highest BCUT2D eigenvalue weighted by Crippen LogP contribution is 2.51. The van der Waals surface area contributed by atoms with Crippen LogP contribution in [0, 0.1) is 32.6 Å². The van der Waals surface area contributed by atoms with E-state index in [1.807, 2.05) is 0 Å². The number of rotatable bonds is 1. The molecule has 1 saturated carbocycles. The van der Waals surface area contributed by atoms with Gasteiger partial charge < -0.3 is 11.1 Å². The predicted molar refractivity (Wildman–Crippen MR) is 66.4 cm³/mol. The molecule has 2 fully saturated rings. The minimum atomic E-state index is 0.436. The average molecular weight is 216 g/mol. The third-order valence-corrected chi connectivity index (χ3v) is 4.30. The molecule has 16 heavy (non-hydrogen) atoms. The quantitative estimate of drug-likeness (QED) is 0.751. The van der Waals surface area contributed by atoms with Crippen molar-refractivity contribution in [2.75, 3.05) is 6.54 Å². The lowest BCUT2D eigenvalue weighted by molar-refractivity contribution is 0.532. The second-order valence-corrected chi connectivity index (χ2v) is 5.52. The number of aryl methyl sites for hydroxylation is 3. The van der Waals surface area contributed by atoms with E-state index in [4.69, 9.17) is 5.73 Å². The molecule has 1 saturated heterocycles. The van der Waals surface area contributed by atoms with Crippen molar-refractivity contribution in [3.63, 3.8) is 0 Å². The fourth-order valence-electron chi connectivity index (χ4n) is 3.55. The van der Waals surface area contributed by atoms with Crippen molar-refractivity contribution in [1.82, 2.24) is 5.32 Å². The van der Waals surface area contributed by atoms with Gasteiger partial charge >= 0.3 is 0 Å². The van der Waals surface area contributed by atoms with E-state index in [0.29, 0.717) is 18.0 Å². The second kappa shape index (κ2) is 3.31. The molecule has 2 aliphatic rings. The summed E-state index contributed by atoms with van der Waals surface area (Å²) in [7, 11) is 0. The van der Waals surface area contributed by atoms with Crippen molar-refractivity contribution in [3.05, 3.63) is 34.4 Å². The molecule has 0 bridgehead atoms. The van der Waals surface area contributed by atoms with E-state index in [-0.39, 0.29) is 0 Å². The van der Waals surface area contributed by atoms with E-state index in [1.165, 1.54) is 22.3 Å². The summed E-state index contributed by atoms with van der Waals surface area (Å²) in [4.78, 5) is 0. The molecule has 3 N–H and O–H groups in total. The number of hydrogen-bond donors (Lipinski definition) is 2. The third-order valence-electron chi connectivity index (χ3n) is 4.30. The zero-order chi connectivity index (χ0) is 11.4. The van der Waals surface area contributed by atoms with Gasteiger partial charge in [-0.25, -0.2) is 0 Å². The monoisotopic (exact) mass is 216 g/mol. The molecule has 2 nitrogen and oxygen atoms in total. The highest BCUT2D eigenvalue weighted by Gasteiger charge is 2.56. The van der Waals surface area contributed by atoms with Gasteiger partial charge in [0.15, 0.2) is 0 Å². The summed E-state index contributed by atoms with van der Waals surface area (Å²) in [6.07, 6.45) is 0. The van der Waals surface area contributed by atoms with Gasteiger partial charge in [0.1, 0.15) is 0 Å². The highest BCUT2D eigenvalue weighted by atomic mass is 15.1. The first-order valence-electron chi connectivity index (χ1n) is 6.16. The maximum absolute atomic E-state index is 6.09. The van der Waals surface area contributed by atoms with Gasteiger partial charge in [0.25, 0.3) is 0 Å². The summed E-state index contributed by atoms with van der Waals surface area (Å²) in [5, 5.41) is 3.62. The van der Waals surface area contributed by atoms with Crippen LogP contribution in [0.4, 0.5) is 0 Å². The molecule has 4 atom stereocenters. The number of nitrogens with one attached hydrogen (secondary N) is 1. The van der Waals surface area contributed by atoms with Crippen LogP contribution in [-0.4, -0.2) is 12.6 Å². The molecule has 0 aromatic heterocycles. The first-order chi connectivity index (χ1) is 7.59. The second-order valence-electron chi connectivity index (χ2n) is 5.52. The Labute approximate surface area is 97.2 Å². The summed E-state index contributed by atoms with van der Waals surface area (Å²) in [6.45, 7) is 7.71. The van der Waals surface area contributed by atoms with Crippen LogP contribution in [0.25, 0.3) is 0 Å². The maximum Gasteiger partial charge on any atom is 0.0372 e. The molecule has 1 heterocycles. The standard InChI is InChI=1S/C14H20N2/c1-7-4-8(2)11(9(3)5-7)14-12-10(6-16-14)13(12)15/h4-5,10,12-14,16H,6,15H2,1-3H3. The Morgan fingerprint density at radius 1 is 1.19 bits per heavy atom. The van der Waals surface area contributed by atoms with Crippen molar-refractivity contribution >= 4 is 0 Å². The van der Waals surface area contributed by atoms with Crippen LogP contribution in [0.1, 0.15) is 28.3 Å². The van der Waals surface area contributed by atoms with E-state index >= 15 is 0 Å². The molecule has 2 heteroatoms. The predicted octanol–water partition coefficient (Wildman–Crippen LogP) is 1.83. The first kappa shape index (κ1) is 10.3. The maximum atomic E-state index is 6.09. The topological polar surface area (TPSA) is 38.0 Å². The normalized spacial score (nSPS) is 36.2. The minimum Gasteiger partial charge on any atom is -0.327 e. The van der Waals surface area contributed by atoms with Crippen LogP contribution in [0.15, 0.2) is 12.1 Å². The van der Waals surface area contributed by atoms with Crippen LogP contribution in [0.3, 0.4) is 0 Å². The molecular formula is C14H20N2. The molecule has 1 aromatic rings. The van der Waals surface area contributed by atoms with E-state index in [1.54, 1.807) is 0 Å². The Hall–Kier alpha value is -0.860. The molecule has 1 aromatic carbocycles.